The molecule has 7 heteroatoms. The molecule has 0 saturated carbocycles. The second-order valence-corrected chi connectivity index (χ2v) is 5.22. The SMILES string of the molecule is COc1cccc(/C=N\Nc2cccc([N+](=O)[O-])c2)c1OC(C)C. The summed E-state index contributed by atoms with van der Waals surface area (Å²) >= 11 is 0. The second-order valence-electron chi connectivity index (χ2n) is 5.22. The molecule has 0 amide bonds. The molecule has 24 heavy (non-hydrogen) atoms. The predicted molar refractivity (Wildman–Crippen MR) is 93.1 cm³/mol. The van der Waals surface area contributed by atoms with Crippen molar-refractivity contribution in [2.45, 2.75) is 20.0 Å². The third kappa shape index (κ3) is 4.45. The lowest BCUT2D eigenvalue weighted by molar-refractivity contribution is -0.384. The minimum Gasteiger partial charge on any atom is -0.493 e. The highest BCUT2D eigenvalue weighted by molar-refractivity contribution is 5.85. The first-order valence-electron chi connectivity index (χ1n) is 7.38. The van der Waals surface area contributed by atoms with Crippen LogP contribution in [0.4, 0.5) is 11.4 Å². The fourth-order valence-electron chi connectivity index (χ4n) is 2.02. The van der Waals surface area contributed by atoms with Crippen molar-refractivity contribution in [2.75, 3.05) is 12.5 Å². The van der Waals surface area contributed by atoms with E-state index in [-0.39, 0.29) is 11.8 Å². The summed E-state index contributed by atoms with van der Waals surface area (Å²) in [5.74, 6) is 1.21. The number of nitrogens with one attached hydrogen (secondary N) is 1. The van der Waals surface area contributed by atoms with Gasteiger partial charge in [0.05, 0.1) is 30.0 Å². The molecule has 0 heterocycles. The quantitative estimate of drug-likeness (QED) is 0.474. The number of hydrogen-bond acceptors (Lipinski definition) is 6. The van der Waals surface area contributed by atoms with Crippen LogP contribution in [0.25, 0.3) is 0 Å². The van der Waals surface area contributed by atoms with E-state index in [0.717, 1.165) is 5.56 Å². The average molecular weight is 329 g/mol. The largest absolute Gasteiger partial charge is 0.493 e. The molecule has 126 valence electrons. The van der Waals surface area contributed by atoms with Crippen molar-refractivity contribution in [3.63, 3.8) is 0 Å². The molecule has 2 rings (SSSR count). The van der Waals surface area contributed by atoms with E-state index < -0.39 is 4.92 Å². The maximum Gasteiger partial charge on any atom is 0.271 e. The summed E-state index contributed by atoms with van der Waals surface area (Å²) in [6.45, 7) is 3.85. The van der Waals surface area contributed by atoms with E-state index >= 15 is 0 Å². The van der Waals surface area contributed by atoms with Gasteiger partial charge in [-0.15, -0.1) is 0 Å². The molecule has 0 radical (unpaired) electrons. The van der Waals surface area contributed by atoms with Crippen LogP contribution >= 0.6 is 0 Å². The molecule has 0 spiro atoms. The number of para-hydroxylation sites is 1. The van der Waals surface area contributed by atoms with Gasteiger partial charge < -0.3 is 9.47 Å². The van der Waals surface area contributed by atoms with Crippen molar-refractivity contribution in [1.29, 1.82) is 0 Å². The Morgan fingerprint density at radius 3 is 2.67 bits per heavy atom. The Hall–Kier alpha value is -3.09. The van der Waals surface area contributed by atoms with Gasteiger partial charge in [-0.1, -0.05) is 12.1 Å². The first kappa shape index (κ1) is 17.3. The molecule has 0 fully saturated rings. The molecule has 0 bridgehead atoms. The molecule has 0 aromatic heterocycles. The van der Waals surface area contributed by atoms with Gasteiger partial charge in [0.25, 0.3) is 5.69 Å². The number of anilines is 1. The molecule has 0 aliphatic heterocycles. The molecule has 2 aromatic carbocycles. The smallest absolute Gasteiger partial charge is 0.271 e. The third-order valence-electron chi connectivity index (χ3n) is 3.04. The van der Waals surface area contributed by atoms with Crippen molar-refractivity contribution in [3.05, 3.63) is 58.1 Å². The van der Waals surface area contributed by atoms with Crippen LogP contribution in [0.2, 0.25) is 0 Å². The minimum atomic E-state index is -0.453. The molecular formula is C17H19N3O4. The van der Waals surface area contributed by atoms with Crippen LogP contribution < -0.4 is 14.9 Å². The monoisotopic (exact) mass is 329 g/mol. The molecule has 0 aliphatic rings. The van der Waals surface area contributed by atoms with Gasteiger partial charge in [-0.25, -0.2) is 0 Å². The Balaban J connectivity index is 2.20. The van der Waals surface area contributed by atoms with Gasteiger partial charge in [0, 0.05) is 17.7 Å². The number of nitrogens with zero attached hydrogens (tertiary/aromatic N) is 2. The van der Waals surface area contributed by atoms with E-state index in [0.29, 0.717) is 17.2 Å². The average Bonchev–Trinajstić information content (AvgIpc) is 2.56. The van der Waals surface area contributed by atoms with Crippen LogP contribution in [-0.4, -0.2) is 24.4 Å². The lowest BCUT2D eigenvalue weighted by Crippen LogP contribution is -2.09. The Morgan fingerprint density at radius 2 is 2.00 bits per heavy atom. The van der Waals surface area contributed by atoms with E-state index in [1.54, 1.807) is 25.5 Å². The molecule has 0 atom stereocenters. The Morgan fingerprint density at radius 1 is 1.25 bits per heavy atom. The predicted octanol–water partition coefficient (Wildman–Crippen LogP) is 3.84. The number of ether oxygens (including phenoxy) is 2. The highest BCUT2D eigenvalue weighted by atomic mass is 16.6. The second kappa shape index (κ2) is 7.96. The van der Waals surface area contributed by atoms with E-state index in [1.165, 1.54) is 12.1 Å². The number of non-ortho nitro benzene ring substituents is 1. The summed E-state index contributed by atoms with van der Waals surface area (Å²) < 4.78 is 11.1. The van der Waals surface area contributed by atoms with E-state index in [1.807, 2.05) is 32.0 Å². The fraction of sp³-hybridized carbons (Fsp3) is 0.235. The number of hydrazone groups is 1. The summed E-state index contributed by atoms with van der Waals surface area (Å²) in [4.78, 5) is 10.3. The van der Waals surface area contributed by atoms with Crippen molar-refractivity contribution >= 4 is 17.6 Å². The van der Waals surface area contributed by atoms with Crippen LogP contribution in [0, 0.1) is 10.1 Å². The summed E-state index contributed by atoms with van der Waals surface area (Å²) in [7, 11) is 1.57. The van der Waals surface area contributed by atoms with Crippen LogP contribution in [0.3, 0.4) is 0 Å². The summed E-state index contributed by atoms with van der Waals surface area (Å²) in [5, 5.41) is 14.9. The van der Waals surface area contributed by atoms with Crippen LogP contribution in [0.15, 0.2) is 47.6 Å². The van der Waals surface area contributed by atoms with Gasteiger partial charge >= 0.3 is 0 Å². The topological polar surface area (TPSA) is 86.0 Å². The Bertz CT molecular complexity index is 744. The Kier molecular flexibility index (Phi) is 5.73. The third-order valence-corrected chi connectivity index (χ3v) is 3.04. The highest BCUT2D eigenvalue weighted by Gasteiger charge is 2.11. The number of rotatable bonds is 7. The molecular weight excluding hydrogens is 310 g/mol. The van der Waals surface area contributed by atoms with Crippen molar-refractivity contribution in [1.82, 2.24) is 0 Å². The van der Waals surface area contributed by atoms with Crippen molar-refractivity contribution < 1.29 is 14.4 Å². The van der Waals surface area contributed by atoms with Gasteiger partial charge in [0.1, 0.15) is 0 Å². The Labute approximate surface area is 140 Å². The van der Waals surface area contributed by atoms with Gasteiger partial charge in [-0.2, -0.15) is 5.10 Å². The summed E-state index contributed by atoms with van der Waals surface area (Å²) in [6.07, 6.45) is 1.57. The van der Waals surface area contributed by atoms with Crippen molar-refractivity contribution in [3.8, 4) is 11.5 Å². The van der Waals surface area contributed by atoms with Gasteiger partial charge in [0.15, 0.2) is 11.5 Å². The van der Waals surface area contributed by atoms with Gasteiger partial charge in [-0.3, -0.25) is 15.5 Å². The van der Waals surface area contributed by atoms with Crippen LogP contribution in [0.5, 0.6) is 11.5 Å². The number of methoxy groups -OCH3 is 1. The van der Waals surface area contributed by atoms with Gasteiger partial charge in [0.2, 0.25) is 0 Å². The minimum absolute atomic E-state index is 0.000380. The zero-order valence-electron chi connectivity index (χ0n) is 13.7. The zero-order valence-corrected chi connectivity index (χ0v) is 13.7. The fourth-order valence-corrected chi connectivity index (χ4v) is 2.02. The number of nitro groups is 1. The molecule has 7 nitrogen and oxygen atoms in total. The molecule has 1 N–H and O–H groups in total. The maximum atomic E-state index is 10.8. The van der Waals surface area contributed by atoms with E-state index in [9.17, 15) is 10.1 Å². The lowest BCUT2D eigenvalue weighted by atomic mass is 10.2. The van der Waals surface area contributed by atoms with Gasteiger partial charge in [-0.05, 0) is 32.0 Å². The van der Waals surface area contributed by atoms with E-state index in [4.69, 9.17) is 9.47 Å². The molecule has 0 aliphatic carbocycles. The normalized spacial score (nSPS) is 10.8. The summed E-state index contributed by atoms with van der Waals surface area (Å²) in [6, 6.07) is 11.6. The van der Waals surface area contributed by atoms with E-state index in [2.05, 4.69) is 10.5 Å². The first-order valence-corrected chi connectivity index (χ1v) is 7.38. The van der Waals surface area contributed by atoms with Crippen LogP contribution in [0.1, 0.15) is 19.4 Å². The standard InChI is InChI=1S/C17H19N3O4/c1-12(2)24-17-13(6-4-9-16(17)23-3)11-18-19-14-7-5-8-15(10-14)20(21)22/h4-12,19H,1-3H3/b18-11-. The number of benzene rings is 2. The number of hydrogen-bond donors (Lipinski definition) is 1. The molecule has 0 saturated heterocycles. The maximum absolute atomic E-state index is 10.8. The van der Waals surface area contributed by atoms with Crippen LogP contribution in [-0.2, 0) is 0 Å². The molecule has 2 aromatic rings. The molecule has 0 unspecified atom stereocenters. The van der Waals surface area contributed by atoms with Crippen molar-refractivity contribution in [2.24, 2.45) is 5.10 Å². The number of nitro benzene ring substituents is 1. The zero-order chi connectivity index (χ0) is 17.5. The summed E-state index contributed by atoms with van der Waals surface area (Å²) in [5.41, 5.74) is 4.04. The first-order chi connectivity index (χ1) is 11.5. The lowest BCUT2D eigenvalue weighted by Gasteiger charge is -2.15. The highest BCUT2D eigenvalue weighted by Crippen LogP contribution is 2.31.